The van der Waals surface area contributed by atoms with Crippen LogP contribution in [0, 0.1) is 6.92 Å². The number of hydrogen-bond acceptors (Lipinski definition) is 7. The highest BCUT2D eigenvalue weighted by Gasteiger charge is 2.20. The molecule has 4 aromatic heterocycles. The van der Waals surface area contributed by atoms with E-state index in [4.69, 9.17) is 4.42 Å². The van der Waals surface area contributed by atoms with Gasteiger partial charge in [0.2, 0.25) is 0 Å². The summed E-state index contributed by atoms with van der Waals surface area (Å²) < 4.78 is 7.52. The van der Waals surface area contributed by atoms with E-state index in [1.807, 2.05) is 29.1 Å². The molecule has 0 saturated carbocycles. The number of likely N-dealkylation sites (tertiary alicyclic amines) is 1. The van der Waals surface area contributed by atoms with Gasteiger partial charge in [0, 0.05) is 24.7 Å². The topological polar surface area (TPSA) is 89.9 Å². The fraction of sp³-hybridized carbons (Fsp3) is 0.348. The Bertz CT molecular complexity index is 1240. The summed E-state index contributed by atoms with van der Waals surface area (Å²) >= 11 is 0. The molecule has 1 aliphatic heterocycles. The third-order valence-corrected chi connectivity index (χ3v) is 5.83. The lowest BCUT2D eigenvalue weighted by molar-refractivity contribution is 0.0991. The van der Waals surface area contributed by atoms with Crippen LogP contribution < -0.4 is 0 Å². The minimum atomic E-state index is 0.00745. The van der Waals surface area contributed by atoms with Crippen LogP contribution in [0.5, 0.6) is 0 Å². The quantitative estimate of drug-likeness (QED) is 0.460. The molecule has 0 amide bonds. The van der Waals surface area contributed by atoms with Crippen LogP contribution in [0.3, 0.4) is 0 Å². The molecule has 0 aromatic carbocycles. The van der Waals surface area contributed by atoms with Crippen LogP contribution in [-0.4, -0.2) is 55.6 Å². The lowest BCUT2D eigenvalue weighted by Crippen LogP contribution is -2.31. The van der Waals surface area contributed by atoms with Crippen molar-refractivity contribution >= 4 is 16.7 Å². The van der Waals surface area contributed by atoms with Gasteiger partial charge in [-0.05, 0) is 51.2 Å². The fourth-order valence-corrected chi connectivity index (χ4v) is 3.98. The summed E-state index contributed by atoms with van der Waals surface area (Å²) in [5, 5.41) is 5.36. The molecule has 31 heavy (non-hydrogen) atoms. The first-order valence-corrected chi connectivity index (χ1v) is 10.5. The Kier molecular flexibility index (Phi) is 5.07. The molecule has 158 valence electrons. The molecule has 0 aliphatic carbocycles. The molecule has 0 N–H and O–H groups in total. The second-order valence-corrected chi connectivity index (χ2v) is 8.15. The summed E-state index contributed by atoms with van der Waals surface area (Å²) in [4.78, 5) is 28.4. The number of aryl methyl sites for hydroxylation is 1. The Labute approximate surface area is 179 Å². The minimum absolute atomic E-state index is 0.00745. The van der Waals surface area contributed by atoms with E-state index in [1.165, 1.54) is 0 Å². The Morgan fingerprint density at radius 3 is 2.77 bits per heavy atom. The van der Waals surface area contributed by atoms with Crippen molar-refractivity contribution in [3.05, 3.63) is 60.1 Å². The first-order valence-electron chi connectivity index (χ1n) is 10.5. The van der Waals surface area contributed by atoms with E-state index in [0.29, 0.717) is 34.6 Å². The Hall–Kier alpha value is -3.39. The third kappa shape index (κ3) is 4.11. The van der Waals surface area contributed by atoms with Crippen molar-refractivity contribution in [3.8, 4) is 11.5 Å². The number of rotatable bonds is 5. The van der Waals surface area contributed by atoms with Gasteiger partial charge in [0.1, 0.15) is 5.69 Å². The molecule has 8 heteroatoms. The van der Waals surface area contributed by atoms with Gasteiger partial charge in [-0.1, -0.05) is 0 Å². The zero-order chi connectivity index (χ0) is 21.4. The van der Waals surface area contributed by atoms with Crippen molar-refractivity contribution in [1.29, 1.82) is 0 Å². The van der Waals surface area contributed by atoms with Gasteiger partial charge < -0.3 is 9.32 Å². The molecule has 5 heterocycles. The van der Waals surface area contributed by atoms with Gasteiger partial charge in [-0.25, -0.2) is 9.97 Å². The van der Waals surface area contributed by atoms with Crippen molar-refractivity contribution in [2.75, 3.05) is 20.1 Å². The SMILES string of the molecule is Cc1ncc(-c2ccc3cnc(CC(=O)c4cnn(C5CCN(C)CC5)c4)cc3n2)o1. The zero-order valence-corrected chi connectivity index (χ0v) is 17.7. The molecule has 0 atom stereocenters. The van der Waals surface area contributed by atoms with Crippen LogP contribution in [0.4, 0.5) is 0 Å². The Morgan fingerprint density at radius 2 is 2.00 bits per heavy atom. The average molecular weight is 416 g/mol. The van der Waals surface area contributed by atoms with Crippen molar-refractivity contribution in [2.24, 2.45) is 0 Å². The number of hydrogen-bond donors (Lipinski definition) is 0. The first kappa shape index (κ1) is 19.6. The molecule has 5 rings (SSSR count). The molecule has 0 spiro atoms. The van der Waals surface area contributed by atoms with Crippen molar-refractivity contribution in [3.63, 3.8) is 0 Å². The molecular formula is C23H24N6O2. The highest BCUT2D eigenvalue weighted by atomic mass is 16.4. The van der Waals surface area contributed by atoms with Crippen LogP contribution in [0.1, 0.15) is 40.8 Å². The van der Waals surface area contributed by atoms with E-state index in [2.05, 4.69) is 32.0 Å². The highest BCUT2D eigenvalue weighted by molar-refractivity contribution is 5.97. The second kappa shape index (κ2) is 8.03. The van der Waals surface area contributed by atoms with Gasteiger partial charge in [0.05, 0.1) is 41.6 Å². The number of fused-ring (bicyclic) bond motifs is 1. The maximum absolute atomic E-state index is 12.8. The normalized spacial score (nSPS) is 15.5. The maximum Gasteiger partial charge on any atom is 0.191 e. The van der Waals surface area contributed by atoms with Gasteiger partial charge in [0.15, 0.2) is 17.4 Å². The van der Waals surface area contributed by atoms with Crippen LogP contribution >= 0.6 is 0 Å². The fourth-order valence-electron chi connectivity index (χ4n) is 3.98. The summed E-state index contributed by atoms with van der Waals surface area (Å²) in [6.45, 7) is 3.90. The lowest BCUT2D eigenvalue weighted by Gasteiger charge is -2.28. The van der Waals surface area contributed by atoms with E-state index in [0.717, 1.165) is 36.8 Å². The van der Waals surface area contributed by atoms with Crippen molar-refractivity contribution < 1.29 is 9.21 Å². The van der Waals surface area contributed by atoms with Crippen LogP contribution in [0.25, 0.3) is 22.4 Å². The van der Waals surface area contributed by atoms with Crippen molar-refractivity contribution in [2.45, 2.75) is 32.2 Å². The molecular weight excluding hydrogens is 392 g/mol. The maximum atomic E-state index is 12.8. The van der Waals surface area contributed by atoms with Gasteiger partial charge >= 0.3 is 0 Å². The monoisotopic (exact) mass is 416 g/mol. The predicted octanol–water partition coefficient (Wildman–Crippen LogP) is 3.48. The highest BCUT2D eigenvalue weighted by Crippen LogP contribution is 2.23. The van der Waals surface area contributed by atoms with Gasteiger partial charge in [0.25, 0.3) is 0 Å². The summed E-state index contributed by atoms with van der Waals surface area (Å²) in [6, 6.07) is 6.05. The minimum Gasteiger partial charge on any atom is -0.439 e. The van der Waals surface area contributed by atoms with E-state index >= 15 is 0 Å². The predicted molar refractivity (Wildman–Crippen MR) is 116 cm³/mol. The molecule has 0 bridgehead atoms. The van der Waals surface area contributed by atoms with Crippen molar-refractivity contribution in [1.82, 2.24) is 29.6 Å². The Balaban J connectivity index is 1.33. The van der Waals surface area contributed by atoms with Gasteiger partial charge in [-0.15, -0.1) is 0 Å². The molecule has 0 radical (unpaired) electrons. The number of oxazole rings is 1. The zero-order valence-electron chi connectivity index (χ0n) is 17.7. The standard InChI is InChI=1S/C23H24N6O2/c1-15-24-13-23(31-15)20-4-3-16-11-25-18(9-21(16)27-20)10-22(30)17-12-26-29(14-17)19-5-7-28(2)8-6-19/h3-4,9,11-14,19H,5-8,10H2,1-2H3. The number of carbonyl (C=O) groups excluding carboxylic acids is 1. The van der Waals surface area contributed by atoms with E-state index in [-0.39, 0.29) is 12.2 Å². The summed E-state index contributed by atoms with van der Waals surface area (Å²) in [7, 11) is 2.13. The van der Waals surface area contributed by atoms with Crippen LogP contribution in [0.2, 0.25) is 0 Å². The van der Waals surface area contributed by atoms with Gasteiger partial charge in [-0.3, -0.25) is 14.5 Å². The van der Waals surface area contributed by atoms with E-state index in [9.17, 15) is 4.79 Å². The van der Waals surface area contributed by atoms with Crippen LogP contribution in [0.15, 0.2) is 47.4 Å². The first-order chi connectivity index (χ1) is 15.0. The summed E-state index contributed by atoms with van der Waals surface area (Å²) in [5.74, 6) is 1.22. The van der Waals surface area contributed by atoms with E-state index < -0.39 is 0 Å². The van der Waals surface area contributed by atoms with E-state index in [1.54, 1.807) is 25.5 Å². The summed E-state index contributed by atoms with van der Waals surface area (Å²) in [6.07, 6.45) is 9.28. The third-order valence-electron chi connectivity index (χ3n) is 5.83. The second-order valence-electron chi connectivity index (χ2n) is 8.15. The molecule has 0 unspecified atom stereocenters. The lowest BCUT2D eigenvalue weighted by atomic mass is 10.1. The number of nitrogens with zero attached hydrogens (tertiary/aromatic N) is 6. The summed E-state index contributed by atoms with van der Waals surface area (Å²) in [5.41, 5.74) is 2.78. The molecule has 1 aliphatic rings. The smallest absolute Gasteiger partial charge is 0.191 e. The average Bonchev–Trinajstić information content (AvgIpc) is 3.43. The largest absolute Gasteiger partial charge is 0.439 e. The number of Topliss-reactive ketones (excluding diaryl/α,β-unsaturated/α-hetero) is 1. The number of aromatic nitrogens is 5. The number of ketones is 1. The number of carbonyl (C=O) groups is 1. The molecule has 1 saturated heterocycles. The molecule has 4 aromatic rings. The molecule has 1 fully saturated rings. The molecule has 8 nitrogen and oxygen atoms in total. The Morgan fingerprint density at radius 1 is 1.16 bits per heavy atom. The van der Waals surface area contributed by atoms with Gasteiger partial charge in [-0.2, -0.15) is 5.10 Å². The number of piperidine rings is 1. The number of pyridine rings is 2. The van der Waals surface area contributed by atoms with Crippen LogP contribution in [-0.2, 0) is 6.42 Å².